The van der Waals surface area contributed by atoms with Gasteiger partial charge in [0.25, 0.3) is 0 Å². The summed E-state index contributed by atoms with van der Waals surface area (Å²) in [6, 6.07) is 6.07. The standard InChI is InChI=1S/C13H16O2/c1-3-11-12-8-10(15-2)6-4-9(12)5-7-13(11)14/h4,6,8,11H,3,5,7H2,1-2H3. The maximum absolute atomic E-state index is 11.7. The third kappa shape index (κ3) is 1.76. The number of hydrogen-bond donors (Lipinski definition) is 0. The van der Waals surface area contributed by atoms with Crippen molar-refractivity contribution >= 4 is 5.78 Å². The second kappa shape index (κ2) is 4.05. The van der Waals surface area contributed by atoms with Crippen LogP contribution in [0.1, 0.15) is 36.8 Å². The van der Waals surface area contributed by atoms with Gasteiger partial charge in [-0.1, -0.05) is 13.0 Å². The first kappa shape index (κ1) is 10.2. The van der Waals surface area contributed by atoms with E-state index in [9.17, 15) is 4.79 Å². The Labute approximate surface area is 90.3 Å². The lowest BCUT2D eigenvalue weighted by Gasteiger charge is -2.23. The molecular weight excluding hydrogens is 188 g/mol. The highest BCUT2D eigenvalue weighted by Crippen LogP contribution is 2.33. The molecule has 0 aromatic heterocycles. The number of ether oxygens (including phenoxy) is 1. The van der Waals surface area contributed by atoms with Crippen molar-refractivity contribution in [2.24, 2.45) is 0 Å². The Balaban J connectivity index is 2.45. The Morgan fingerprint density at radius 2 is 2.20 bits per heavy atom. The van der Waals surface area contributed by atoms with Gasteiger partial charge in [-0.3, -0.25) is 4.79 Å². The van der Waals surface area contributed by atoms with Crippen LogP contribution >= 0.6 is 0 Å². The lowest BCUT2D eigenvalue weighted by atomic mass is 9.80. The van der Waals surface area contributed by atoms with E-state index in [1.54, 1.807) is 7.11 Å². The van der Waals surface area contributed by atoms with Gasteiger partial charge in [0, 0.05) is 12.3 Å². The summed E-state index contributed by atoms with van der Waals surface area (Å²) < 4.78 is 5.20. The minimum Gasteiger partial charge on any atom is -0.497 e. The highest BCUT2D eigenvalue weighted by Gasteiger charge is 2.26. The van der Waals surface area contributed by atoms with Gasteiger partial charge in [-0.15, -0.1) is 0 Å². The van der Waals surface area contributed by atoms with Crippen molar-refractivity contribution in [3.8, 4) is 5.75 Å². The van der Waals surface area contributed by atoms with Gasteiger partial charge in [0.2, 0.25) is 0 Å². The average Bonchev–Trinajstić information content (AvgIpc) is 2.28. The lowest BCUT2D eigenvalue weighted by molar-refractivity contribution is -0.121. The van der Waals surface area contributed by atoms with Crippen LogP contribution in [0, 0.1) is 0 Å². The molecule has 1 aliphatic carbocycles. The fourth-order valence-corrected chi connectivity index (χ4v) is 2.31. The number of ketones is 1. The van der Waals surface area contributed by atoms with Crippen molar-refractivity contribution in [1.29, 1.82) is 0 Å². The van der Waals surface area contributed by atoms with E-state index in [1.807, 2.05) is 12.1 Å². The number of methoxy groups -OCH3 is 1. The summed E-state index contributed by atoms with van der Waals surface area (Å²) in [7, 11) is 1.66. The number of carbonyl (C=O) groups is 1. The molecule has 0 aliphatic heterocycles. The molecule has 2 nitrogen and oxygen atoms in total. The van der Waals surface area contributed by atoms with Gasteiger partial charge >= 0.3 is 0 Å². The lowest BCUT2D eigenvalue weighted by Crippen LogP contribution is -2.19. The molecular formula is C13H16O2. The van der Waals surface area contributed by atoms with Crippen LogP contribution in [0.4, 0.5) is 0 Å². The number of rotatable bonds is 2. The summed E-state index contributed by atoms with van der Waals surface area (Å²) in [6.45, 7) is 2.07. The summed E-state index contributed by atoms with van der Waals surface area (Å²) in [5.41, 5.74) is 2.48. The van der Waals surface area contributed by atoms with E-state index in [0.29, 0.717) is 12.2 Å². The van der Waals surface area contributed by atoms with E-state index < -0.39 is 0 Å². The quantitative estimate of drug-likeness (QED) is 0.740. The van der Waals surface area contributed by atoms with Crippen LogP contribution in [-0.2, 0) is 11.2 Å². The monoisotopic (exact) mass is 204 g/mol. The number of fused-ring (bicyclic) bond motifs is 1. The predicted molar refractivity (Wildman–Crippen MR) is 59.4 cm³/mol. The number of hydrogen-bond acceptors (Lipinski definition) is 2. The molecule has 0 fully saturated rings. The molecule has 0 bridgehead atoms. The van der Waals surface area contributed by atoms with E-state index in [2.05, 4.69) is 13.0 Å². The van der Waals surface area contributed by atoms with Crippen LogP contribution in [0.15, 0.2) is 18.2 Å². The van der Waals surface area contributed by atoms with E-state index in [0.717, 1.165) is 18.6 Å². The Morgan fingerprint density at radius 3 is 2.87 bits per heavy atom. The van der Waals surface area contributed by atoms with E-state index in [1.165, 1.54) is 11.1 Å². The average molecular weight is 204 g/mol. The molecule has 1 aromatic carbocycles. The van der Waals surface area contributed by atoms with Crippen LogP contribution in [0.2, 0.25) is 0 Å². The highest BCUT2D eigenvalue weighted by atomic mass is 16.5. The van der Waals surface area contributed by atoms with E-state index >= 15 is 0 Å². The van der Waals surface area contributed by atoms with Crippen molar-refractivity contribution in [3.05, 3.63) is 29.3 Å². The zero-order valence-electron chi connectivity index (χ0n) is 9.25. The molecule has 2 rings (SSSR count). The van der Waals surface area contributed by atoms with Gasteiger partial charge in [0.05, 0.1) is 7.11 Å². The van der Waals surface area contributed by atoms with E-state index in [-0.39, 0.29) is 5.92 Å². The molecule has 0 spiro atoms. The Morgan fingerprint density at radius 1 is 1.40 bits per heavy atom. The first-order valence-electron chi connectivity index (χ1n) is 5.45. The molecule has 2 heteroatoms. The molecule has 0 amide bonds. The maximum Gasteiger partial charge on any atom is 0.140 e. The van der Waals surface area contributed by atoms with Crippen molar-refractivity contribution in [1.82, 2.24) is 0 Å². The molecule has 0 saturated carbocycles. The SMILES string of the molecule is CCC1C(=O)CCc2ccc(OC)cc21. The van der Waals surface area contributed by atoms with Crippen LogP contribution in [-0.4, -0.2) is 12.9 Å². The smallest absolute Gasteiger partial charge is 0.140 e. The van der Waals surface area contributed by atoms with Gasteiger partial charge in [0.1, 0.15) is 11.5 Å². The van der Waals surface area contributed by atoms with Gasteiger partial charge in [-0.2, -0.15) is 0 Å². The fraction of sp³-hybridized carbons (Fsp3) is 0.462. The van der Waals surface area contributed by atoms with Crippen LogP contribution in [0.25, 0.3) is 0 Å². The molecule has 80 valence electrons. The first-order chi connectivity index (χ1) is 7.26. The Kier molecular flexibility index (Phi) is 2.76. The largest absolute Gasteiger partial charge is 0.497 e. The van der Waals surface area contributed by atoms with Gasteiger partial charge in [0.15, 0.2) is 0 Å². The zero-order chi connectivity index (χ0) is 10.8. The minimum absolute atomic E-state index is 0.0869. The molecule has 0 saturated heterocycles. The molecule has 0 heterocycles. The van der Waals surface area contributed by atoms with Crippen molar-refractivity contribution in [2.75, 3.05) is 7.11 Å². The predicted octanol–water partition coefficient (Wildman–Crippen LogP) is 2.70. The Bertz CT molecular complexity index is 382. The number of aryl methyl sites for hydroxylation is 1. The van der Waals surface area contributed by atoms with Gasteiger partial charge in [-0.05, 0) is 36.1 Å². The first-order valence-corrected chi connectivity index (χ1v) is 5.45. The summed E-state index contributed by atoms with van der Waals surface area (Å²) >= 11 is 0. The molecule has 1 aliphatic rings. The molecule has 0 N–H and O–H groups in total. The molecule has 1 atom stereocenters. The molecule has 1 unspecified atom stereocenters. The zero-order valence-corrected chi connectivity index (χ0v) is 9.25. The second-order valence-corrected chi connectivity index (χ2v) is 3.99. The van der Waals surface area contributed by atoms with E-state index in [4.69, 9.17) is 4.74 Å². The van der Waals surface area contributed by atoms with Crippen LogP contribution < -0.4 is 4.74 Å². The van der Waals surface area contributed by atoms with Crippen molar-refractivity contribution in [2.45, 2.75) is 32.1 Å². The molecule has 1 aromatic rings. The summed E-state index contributed by atoms with van der Waals surface area (Å²) in [6.07, 6.45) is 2.46. The van der Waals surface area contributed by atoms with Crippen LogP contribution in [0.5, 0.6) is 5.75 Å². The fourth-order valence-electron chi connectivity index (χ4n) is 2.31. The van der Waals surface area contributed by atoms with Gasteiger partial charge < -0.3 is 4.74 Å². The topological polar surface area (TPSA) is 26.3 Å². The summed E-state index contributed by atoms with van der Waals surface area (Å²) in [4.78, 5) is 11.7. The number of benzene rings is 1. The normalized spacial score (nSPS) is 19.9. The van der Waals surface area contributed by atoms with Crippen molar-refractivity contribution in [3.63, 3.8) is 0 Å². The van der Waals surface area contributed by atoms with Crippen molar-refractivity contribution < 1.29 is 9.53 Å². The van der Waals surface area contributed by atoms with Gasteiger partial charge in [-0.25, -0.2) is 0 Å². The number of carbonyl (C=O) groups excluding carboxylic acids is 1. The van der Waals surface area contributed by atoms with Crippen LogP contribution in [0.3, 0.4) is 0 Å². The highest BCUT2D eigenvalue weighted by molar-refractivity contribution is 5.88. The molecule has 15 heavy (non-hydrogen) atoms. The summed E-state index contributed by atoms with van der Waals surface area (Å²) in [5.74, 6) is 1.31. The molecule has 0 radical (unpaired) electrons. The third-order valence-corrected chi connectivity index (χ3v) is 3.17. The third-order valence-electron chi connectivity index (χ3n) is 3.17. The maximum atomic E-state index is 11.7. The minimum atomic E-state index is 0.0869. The second-order valence-electron chi connectivity index (χ2n) is 3.99. The summed E-state index contributed by atoms with van der Waals surface area (Å²) in [5, 5.41) is 0. The Hall–Kier alpha value is -1.31. The number of Topliss-reactive ketones (excluding diaryl/α,β-unsaturated/α-hetero) is 1.